The Morgan fingerprint density at radius 3 is 2.52 bits per heavy atom. The first kappa shape index (κ1) is 21.2. The third-order valence-electron chi connectivity index (χ3n) is 6.06. The van der Waals surface area contributed by atoms with E-state index in [1.807, 2.05) is 35.2 Å². The molecule has 0 saturated carbocycles. The molecule has 5 rings (SSSR count). The predicted octanol–water partition coefficient (Wildman–Crippen LogP) is 5.38. The highest BCUT2D eigenvalue weighted by molar-refractivity contribution is 5.96. The summed E-state index contributed by atoms with van der Waals surface area (Å²) >= 11 is 0. The van der Waals surface area contributed by atoms with E-state index < -0.39 is 0 Å². The Morgan fingerprint density at radius 1 is 0.818 bits per heavy atom. The largest absolute Gasteiger partial charge is 0.438 e. The molecule has 1 amide bonds. The van der Waals surface area contributed by atoms with Crippen LogP contribution in [0.15, 0.2) is 91.1 Å². The molecule has 1 aliphatic heterocycles. The fourth-order valence-electron chi connectivity index (χ4n) is 4.33. The summed E-state index contributed by atoms with van der Waals surface area (Å²) in [6.07, 6.45) is 2.59. The van der Waals surface area contributed by atoms with E-state index in [1.165, 1.54) is 16.3 Å². The number of pyridine rings is 1. The molecule has 5 heteroatoms. The normalized spacial score (nSPS) is 14.7. The molecule has 0 atom stereocenters. The number of benzene rings is 3. The topological polar surface area (TPSA) is 45.7 Å². The fourth-order valence-corrected chi connectivity index (χ4v) is 4.33. The minimum absolute atomic E-state index is 0.0263. The predicted molar refractivity (Wildman–Crippen MR) is 130 cm³/mol. The zero-order valence-corrected chi connectivity index (χ0v) is 18.6. The van der Waals surface area contributed by atoms with Crippen LogP contribution in [0.5, 0.6) is 11.6 Å². The lowest BCUT2D eigenvalue weighted by atomic mass is 10.1. The maximum atomic E-state index is 13.4. The van der Waals surface area contributed by atoms with Crippen molar-refractivity contribution >= 4 is 16.7 Å². The number of fused-ring (bicyclic) bond motifs is 1. The molecule has 3 aromatic carbocycles. The Labute approximate surface area is 194 Å². The quantitative estimate of drug-likeness (QED) is 0.421. The van der Waals surface area contributed by atoms with Gasteiger partial charge in [0.2, 0.25) is 5.88 Å². The van der Waals surface area contributed by atoms with Gasteiger partial charge in [-0.1, -0.05) is 54.6 Å². The van der Waals surface area contributed by atoms with Crippen molar-refractivity contribution in [2.75, 3.05) is 26.2 Å². The number of carbonyl (C=O) groups is 1. The van der Waals surface area contributed by atoms with Gasteiger partial charge in [-0.2, -0.15) is 0 Å². The van der Waals surface area contributed by atoms with E-state index in [0.29, 0.717) is 23.7 Å². The number of rotatable bonds is 5. The highest BCUT2D eigenvalue weighted by Gasteiger charge is 2.23. The smallest absolute Gasteiger partial charge is 0.259 e. The van der Waals surface area contributed by atoms with Crippen molar-refractivity contribution in [3.63, 3.8) is 0 Å². The number of aromatic nitrogens is 1. The van der Waals surface area contributed by atoms with Crippen LogP contribution in [0.1, 0.15) is 22.3 Å². The van der Waals surface area contributed by atoms with Gasteiger partial charge in [-0.05, 0) is 53.1 Å². The van der Waals surface area contributed by atoms with Crippen LogP contribution in [0.4, 0.5) is 0 Å². The van der Waals surface area contributed by atoms with Crippen molar-refractivity contribution in [2.45, 2.75) is 13.0 Å². The molecule has 0 bridgehead atoms. The minimum atomic E-state index is -0.0263. The summed E-state index contributed by atoms with van der Waals surface area (Å²) in [6.45, 7) is 4.12. The Morgan fingerprint density at radius 2 is 1.64 bits per heavy atom. The second-order valence-corrected chi connectivity index (χ2v) is 8.37. The van der Waals surface area contributed by atoms with Crippen LogP contribution < -0.4 is 4.74 Å². The number of amides is 1. The molecule has 0 aliphatic carbocycles. The van der Waals surface area contributed by atoms with Crippen molar-refractivity contribution in [1.82, 2.24) is 14.8 Å². The van der Waals surface area contributed by atoms with Gasteiger partial charge in [0.05, 0.1) is 0 Å². The number of carbonyl (C=O) groups excluding carboxylic acids is 1. The van der Waals surface area contributed by atoms with E-state index in [2.05, 4.69) is 52.3 Å². The first-order chi connectivity index (χ1) is 16.3. The first-order valence-corrected chi connectivity index (χ1v) is 11.4. The van der Waals surface area contributed by atoms with Crippen LogP contribution in [0.25, 0.3) is 10.8 Å². The first-order valence-electron chi connectivity index (χ1n) is 11.4. The Balaban J connectivity index is 1.26. The molecule has 33 heavy (non-hydrogen) atoms. The second kappa shape index (κ2) is 9.84. The van der Waals surface area contributed by atoms with E-state index in [4.69, 9.17) is 4.74 Å². The van der Waals surface area contributed by atoms with Crippen molar-refractivity contribution in [3.8, 4) is 11.6 Å². The molecule has 166 valence electrons. The maximum Gasteiger partial charge on any atom is 0.259 e. The summed E-state index contributed by atoms with van der Waals surface area (Å²) < 4.78 is 5.92. The molecule has 0 N–H and O–H groups in total. The van der Waals surface area contributed by atoms with Crippen LogP contribution in [-0.2, 0) is 6.54 Å². The van der Waals surface area contributed by atoms with Gasteiger partial charge in [-0.3, -0.25) is 9.69 Å². The van der Waals surface area contributed by atoms with E-state index in [9.17, 15) is 4.79 Å². The molecule has 0 spiro atoms. The lowest BCUT2D eigenvalue weighted by Gasteiger charge is -2.23. The maximum absolute atomic E-state index is 13.4. The molecular weight excluding hydrogens is 410 g/mol. The summed E-state index contributed by atoms with van der Waals surface area (Å²) in [5.74, 6) is 0.996. The lowest BCUT2D eigenvalue weighted by Crippen LogP contribution is -2.35. The van der Waals surface area contributed by atoms with Crippen molar-refractivity contribution in [2.24, 2.45) is 0 Å². The SMILES string of the molecule is O=C(c1cccnc1Oc1ccccc1)N1CCCN(Cc2ccc3ccccc3c2)CC1. The van der Waals surface area contributed by atoms with Crippen LogP contribution in [0, 0.1) is 0 Å². The van der Waals surface area contributed by atoms with E-state index >= 15 is 0 Å². The zero-order valence-electron chi connectivity index (χ0n) is 18.6. The van der Waals surface area contributed by atoms with Crippen LogP contribution >= 0.6 is 0 Å². The van der Waals surface area contributed by atoms with Gasteiger partial charge in [0, 0.05) is 38.9 Å². The monoisotopic (exact) mass is 437 g/mol. The number of ether oxygens (including phenoxy) is 1. The average molecular weight is 438 g/mol. The molecular formula is C28H27N3O2. The Hall–Kier alpha value is -3.70. The summed E-state index contributed by atoms with van der Waals surface area (Å²) in [6, 6.07) is 28.2. The Bertz CT molecular complexity index is 1240. The van der Waals surface area contributed by atoms with Gasteiger partial charge < -0.3 is 9.64 Å². The molecule has 5 nitrogen and oxygen atoms in total. The van der Waals surface area contributed by atoms with Crippen molar-refractivity contribution in [1.29, 1.82) is 0 Å². The summed E-state index contributed by atoms with van der Waals surface area (Å²) in [4.78, 5) is 22.0. The second-order valence-electron chi connectivity index (χ2n) is 8.37. The molecule has 0 unspecified atom stereocenters. The molecule has 2 heterocycles. The number of hydrogen-bond acceptors (Lipinski definition) is 4. The Kier molecular flexibility index (Phi) is 6.31. The van der Waals surface area contributed by atoms with Gasteiger partial charge in [-0.15, -0.1) is 0 Å². The van der Waals surface area contributed by atoms with Crippen molar-refractivity contribution < 1.29 is 9.53 Å². The van der Waals surface area contributed by atoms with E-state index in [1.54, 1.807) is 18.3 Å². The molecule has 4 aromatic rings. The van der Waals surface area contributed by atoms with Gasteiger partial charge >= 0.3 is 0 Å². The van der Waals surface area contributed by atoms with Gasteiger partial charge in [-0.25, -0.2) is 4.98 Å². The van der Waals surface area contributed by atoms with Crippen LogP contribution in [0.2, 0.25) is 0 Å². The zero-order chi connectivity index (χ0) is 22.5. The molecule has 1 fully saturated rings. The molecule has 1 aromatic heterocycles. The third kappa shape index (κ3) is 5.04. The number of hydrogen-bond donors (Lipinski definition) is 0. The van der Waals surface area contributed by atoms with Crippen LogP contribution in [0.3, 0.4) is 0 Å². The highest BCUT2D eigenvalue weighted by Crippen LogP contribution is 2.24. The van der Waals surface area contributed by atoms with Crippen molar-refractivity contribution in [3.05, 3.63) is 102 Å². The van der Waals surface area contributed by atoms with Gasteiger partial charge in [0.1, 0.15) is 11.3 Å². The van der Waals surface area contributed by atoms with E-state index in [-0.39, 0.29) is 5.91 Å². The molecule has 1 aliphatic rings. The van der Waals surface area contributed by atoms with Crippen LogP contribution in [-0.4, -0.2) is 46.9 Å². The lowest BCUT2D eigenvalue weighted by molar-refractivity contribution is 0.0757. The summed E-state index contributed by atoms with van der Waals surface area (Å²) in [5, 5.41) is 2.53. The molecule has 0 radical (unpaired) electrons. The standard InChI is InChI=1S/C28H27N3O2/c32-28(26-12-6-15-29-27(26)33-25-10-2-1-3-11-25)31-17-7-16-30(18-19-31)21-22-13-14-23-8-4-5-9-24(23)20-22/h1-6,8-15,20H,7,16-19,21H2. The fraction of sp³-hybridized carbons (Fsp3) is 0.214. The van der Waals surface area contributed by atoms with Gasteiger partial charge in [0.15, 0.2) is 0 Å². The number of nitrogens with zero attached hydrogens (tertiary/aromatic N) is 3. The molecule has 1 saturated heterocycles. The minimum Gasteiger partial charge on any atom is -0.438 e. The average Bonchev–Trinajstić information content (AvgIpc) is 3.10. The highest BCUT2D eigenvalue weighted by atomic mass is 16.5. The summed E-state index contributed by atoms with van der Waals surface area (Å²) in [5.41, 5.74) is 1.81. The van der Waals surface area contributed by atoms with Gasteiger partial charge in [0.25, 0.3) is 5.91 Å². The summed E-state index contributed by atoms with van der Waals surface area (Å²) in [7, 11) is 0. The number of para-hydroxylation sites is 1. The third-order valence-corrected chi connectivity index (χ3v) is 6.06. The van der Waals surface area contributed by atoms with E-state index in [0.717, 1.165) is 32.6 Å².